The molecular formula is C16H14N2O2S2. The molecule has 0 spiro atoms. The zero-order chi connectivity index (χ0) is 15.9. The van der Waals surface area contributed by atoms with Crippen molar-refractivity contribution >= 4 is 52.1 Å². The van der Waals surface area contributed by atoms with Crippen LogP contribution in [0, 0.1) is 0 Å². The molecule has 1 heterocycles. The molecule has 22 heavy (non-hydrogen) atoms. The molecule has 112 valence electrons. The lowest BCUT2D eigenvalue weighted by molar-refractivity contribution is -0.115. The summed E-state index contributed by atoms with van der Waals surface area (Å²) >= 11 is 6.62. The van der Waals surface area contributed by atoms with Crippen molar-refractivity contribution in [3.8, 4) is 0 Å². The van der Waals surface area contributed by atoms with E-state index in [1.54, 1.807) is 41.7 Å². The van der Waals surface area contributed by atoms with Crippen molar-refractivity contribution in [1.82, 2.24) is 5.32 Å². The van der Waals surface area contributed by atoms with Crippen molar-refractivity contribution < 1.29 is 9.59 Å². The number of carbonyl (C=O) groups excluding carboxylic acids is 2. The highest BCUT2D eigenvalue weighted by Crippen LogP contribution is 2.11. The summed E-state index contributed by atoms with van der Waals surface area (Å²) in [6.45, 7) is 1.51. The maximum absolute atomic E-state index is 11.7. The Hall–Kier alpha value is -2.31. The van der Waals surface area contributed by atoms with E-state index in [2.05, 4.69) is 10.6 Å². The van der Waals surface area contributed by atoms with Gasteiger partial charge in [0.15, 0.2) is 10.9 Å². The molecular weight excluding hydrogens is 316 g/mol. The molecule has 0 atom stereocenters. The van der Waals surface area contributed by atoms with Crippen LogP contribution in [0.15, 0.2) is 47.9 Å². The van der Waals surface area contributed by atoms with E-state index in [1.807, 2.05) is 17.5 Å². The highest BCUT2D eigenvalue weighted by Gasteiger charge is 2.03. The van der Waals surface area contributed by atoms with Gasteiger partial charge in [0.2, 0.25) is 5.91 Å². The third-order valence-corrected chi connectivity index (χ3v) is 3.77. The Morgan fingerprint density at radius 3 is 2.50 bits per heavy atom. The molecule has 4 nitrogen and oxygen atoms in total. The molecule has 0 aliphatic rings. The highest BCUT2D eigenvalue weighted by atomic mass is 32.1. The Bertz CT molecular complexity index is 704. The number of ketones is 1. The first-order valence-electron chi connectivity index (χ1n) is 6.49. The summed E-state index contributed by atoms with van der Waals surface area (Å²) < 4.78 is 0. The summed E-state index contributed by atoms with van der Waals surface area (Å²) in [6, 6.07) is 10.7. The average molecular weight is 330 g/mol. The van der Waals surface area contributed by atoms with E-state index >= 15 is 0 Å². The predicted molar refractivity (Wildman–Crippen MR) is 94.2 cm³/mol. The second kappa shape index (κ2) is 7.63. The van der Waals surface area contributed by atoms with Gasteiger partial charge in [0.05, 0.1) is 0 Å². The maximum atomic E-state index is 11.7. The Labute approximate surface area is 137 Å². The van der Waals surface area contributed by atoms with Crippen LogP contribution in [0.4, 0.5) is 5.69 Å². The molecule has 0 bridgehead atoms. The number of thiophene rings is 1. The zero-order valence-electron chi connectivity index (χ0n) is 11.8. The lowest BCUT2D eigenvalue weighted by Gasteiger charge is -2.08. The molecule has 1 aromatic heterocycles. The van der Waals surface area contributed by atoms with Gasteiger partial charge in [0, 0.05) is 22.2 Å². The number of amides is 1. The molecule has 0 radical (unpaired) electrons. The topological polar surface area (TPSA) is 58.2 Å². The van der Waals surface area contributed by atoms with Crippen molar-refractivity contribution in [2.45, 2.75) is 6.92 Å². The van der Waals surface area contributed by atoms with Crippen molar-refractivity contribution in [2.75, 3.05) is 5.32 Å². The van der Waals surface area contributed by atoms with Gasteiger partial charge in [-0.2, -0.15) is 0 Å². The van der Waals surface area contributed by atoms with E-state index in [0.29, 0.717) is 11.3 Å². The standard InChI is InChI=1S/C16H14N2O2S2/c1-11(19)12-4-6-13(7-5-12)17-16(21)18-15(20)9-8-14-3-2-10-22-14/h2-10H,1H3,(H2,17,18,20,21). The molecule has 0 unspecified atom stereocenters. The molecule has 2 N–H and O–H groups in total. The smallest absolute Gasteiger partial charge is 0.250 e. The fraction of sp³-hybridized carbons (Fsp3) is 0.0625. The second-order valence-corrected chi connectivity index (χ2v) is 5.81. The third kappa shape index (κ3) is 4.91. The SMILES string of the molecule is CC(=O)c1ccc(NC(=S)NC(=O)C=Cc2cccs2)cc1. The minimum absolute atomic E-state index is 0.00106. The van der Waals surface area contributed by atoms with E-state index in [-0.39, 0.29) is 16.8 Å². The molecule has 1 aromatic carbocycles. The Morgan fingerprint density at radius 2 is 1.91 bits per heavy atom. The van der Waals surface area contributed by atoms with Gasteiger partial charge in [-0.3, -0.25) is 14.9 Å². The van der Waals surface area contributed by atoms with Crippen molar-refractivity contribution in [3.05, 3.63) is 58.3 Å². The quantitative estimate of drug-likeness (QED) is 0.512. The normalized spacial score (nSPS) is 10.4. The number of hydrogen-bond acceptors (Lipinski definition) is 4. The summed E-state index contributed by atoms with van der Waals surface area (Å²) in [5.41, 5.74) is 1.33. The molecule has 0 aliphatic carbocycles. The van der Waals surface area contributed by atoms with Crippen LogP contribution < -0.4 is 10.6 Å². The van der Waals surface area contributed by atoms with E-state index in [4.69, 9.17) is 12.2 Å². The molecule has 2 rings (SSSR count). The number of nitrogens with one attached hydrogen (secondary N) is 2. The minimum atomic E-state index is -0.300. The number of Topliss-reactive ketones (excluding diaryl/α,β-unsaturated/α-hetero) is 1. The fourth-order valence-corrected chi connectivity index (χ4v) is 2.48. The van der Waals surface area contributed by atoms with Crippen LogP contribution in [0.25, 0.3) is 6.08 Å². The van der Waals surface area contributed by atoms with E-state index in [9.17, 15) is 9.59 Å². The lowest BCUT2D eigenvalue weighted by atomic mass is 10.1. The van der Waals surface area contributed by atoms with Crippen LogP contribution in [0.2, 0.25) is 0 Å². The number of benzene rings is 1. The number of carbonyl (C=O) groups is 2. The summed E-state index contributed by atoms with van der Waals surface area (Å²) in [7, 11) is 0. The monoisotopic (exact) mass is 330 g/mol. The zero-order valence-corrected chi connectivity index (χ0v) is 13.5. The molecule has 2 aromatic rings. The first-order valence-corrected chi connectivity index (χ1v) is 7.78. The Kier molecular flexibility index (Phi) is 5.57. The molecule has 0 aliphatic heterocycles. The van der Waals surface area contributed by atoms with E-state index in [1.165, 1.54) is 13.0 Å². The lowest BCUT2D eigenvalue weighted by Crippen LogP contribution is -2.32. The van der Waals surface area contributed by atoms with Crippen LogP contribution in [0.3, 0.4) is 0 Å². The average Bonchev–Trinajstić information content (AvgIpc) is 2.99. The molecule has 0 saturated heterocycles. The number of rotatable bonds is 4. The van der Waals surface area contributed by atoms with Gasteiger partial charge in [-0.05, 0) is 60.9 Å². The summed E-state index contributed by atoms with van der Waals surface area (Å²) in [6.07, 6.45) is 3.16. The van der Waals surface area contributed by atoms with Gasteiger partial charge >= 0.3 is 0 Å². The second-order valence-electron chi connectivity index (χ2n) is 4.43. The first-order chi connectivity index (χ1) is 10.5. The van der Waals surface area contributed by atoms with E-state index < -0.39 is 0 Å². The van der Waals surface area contributed by atoms with Crippen LogP contribution in [-0.2, 0) is 4.79 Å². The van der Waals surface area contributed by atoms with Crippen molar-refractivity contribution in [1.29, 1.82) is 0 Å². The molecule has 0 saturated carbocycles. The Balaban J connectivity index is 1.87. The Morgan fingerprint density at radius 1 is 1.18 bits per heavy atom. The molecule has 0 fully saturated rings. The summed E-state index contributed by atoms with van der Waals surface area (Å²) in [5, 5.41) is 7.59. The van der Waals surface area contributed by atoms with Gasteiger partial charge in [-0.25, -0.2) is 0 Å². The predicted octanol–water partition coefficient (Wildman–Crippen LogP) is 3.48. The van der Waals surface area contributed by atoms with Crippen LogP contribution >= 0.6 is 23.6 Å². The van der Waals surface area contributed by atoms with Gasteiger partial charge in [0.1, 0.15) is 0 Å². The van der Waals surface area contributed by atoms with Gasteiger partial charge in [0.25, 0.3) is 0 Å². The van der Waals surface area contributed by atoms with Crippen molar-refractivity contribution in [2.24, 2.45) is 0 Å². The van der Waals surface area contributed by atoms with Crippen molar-refractivity contribution in [3.63, 3.8) is 0 Å². The summed E-state index contributed by atoms with van der Waals surface area (Å²) in [4.78, 5) is 23.9. The van der Waals surface area contributed by atoms with Gasteiger partial charge in [-0.1, -0.05) is 6.07 Å². The van der Waals surface area contributed by atoms with Gasteiger partial charge in [-0.15, -0.1) is 11.3 Å². The number of thiocarbonyl (C=S) groups is 1. The van der Waals surface area contributed by atoms with Crippen LogP contribution in [-0.4, -0.2) is 16.8 Å². The minimum Gasteiger partial charge on any atom is -0.332 e. The molecule has 6 heteroatoms. The largest absolute Gasteiger partial charge is 0.332 e. The summed E-state index contributed by atoms with van der Waals surface area (Å²) in [5.74, 6) is -0.299. The number of hydrogen-bond donors (Lipinski definition) is 2. The third-order valence-electron chi connectivity index (χ3n) is 2.73. The molecule has 1 amide bonds. The fourth-order valence-electron chi connectivity index (χ4n) is 1.65. The highest BCUT2D eigenvalue weighted by molar-refractivity contribution is 7.80. The number of anilines is 1. The van der Waals surface area contributed by atoms with Gasteiger partial charge < -0.3 is 5.32 Å². The van der Waals surface area contributed by atoms with Crippen LogP contribution in [0.5, 0.6) is 0 Å². The first kappa shape index (κ1) is 16.1. The maximum Gasteiger partial charge on any atom is 0.250 e. The van der Waals surface area contributed by atoms with Crippen LogP contribution in [0.1, 0.15) is 22.2 Å². The van der Waals surface area contributed by atoms with E-state index in [0.717, 1.165) is 4.88 Å².